The molecule has 1 heterocycles. The van der Waals surface area contributed by atoms with Crippen LogP contribution in [0.3, 0.4) is 0 Å². The Morgan fingerprint density at radius 3 is 2.67 bits per heavy atom. The molecule has 15 heavy (non-hydrogen) atoms. The Hall–Kier alpha value is -0.940. The zero-order valence-electron chi connectivity index (χ0n) is 8.41. The lowest BCUT2D eigenvalue weighted by Crippen LogP contribution is -1.97. The molecular weight excluding hydrogens is 274 g/mol. The van der Waals surface area contributed by atoms with Gasteiger partial charge in [0, 0.05) is 4.47 Å². The van der Waals surface area contributed by atoms with Crippen LogP contribution in [-0.4, -0.2) is 14.8 Å². The first-order valence-electron chi connectivity index (χ1n) is 4.49. The van der Waals surface area contributed by atoms with Gasteiger partial charge in [-0.3, -0.25) is 9.67 Å². The van der Waals surface area contributed by atoms with Gasteiger partial charge < -0.3 is 0 Å². The number of hydrogen-bond acceptors (Lipinski definition) is 2. The summed E-state index contributed by atoms with van der Waals surface area (Å²) >= 11 is 8.69. The number of aromatic amines is 1. The Kier molecular flexibility index (Phi) is 2.75. The number of aromatic nitrogens is 3. The fraction of sp³-hybridized carbons (Fsp3) is 0.200. The molecule has 3 nitrogen and oxygen atoms in total. The largest absolute Gasteiger partial charge is 0.273 e. The number of aryl methyl sites for hydroxylation is 2. The second kappa shape index (κ2) is 3.90. The summed E-state index contributed by atoms with van der Waals surface area (Å²) in [7, 11) is 0. The van der Waals surface area contributed by atoms with E-state index in [0.29, 0.717) is 4.77 Å². The van der Waals surface area contributed by atoms with Gasteiger partial charge in [0.25, 0.3) is 0 Å². The number of nitrogens with one attached hydrogen (secondary N) is 1. The van der Waals surface area contributed by atoms with Crippen molar-refractivity contribution < 1.29 is 0 Å². The van der Waals surface area contributed by atoms with Crippen LogP contribution in [-0.2, 0) is 0 Å². The minimum absolute atomic E-state index is 0.600. The fourth-order valence-corrected chi connectivity index (χ4v) is 2.68. The third kappa shape index (κ3) is 1.89. The molecule has 2 rings (SSSR count). The van der Waals surface area contributed by atoms with Crippen LogP contribution in [0.4, 0.5) is 0 Å². The van der Waals surface area contributed by atoms with E-state index in [2.05, 4.69) is 52.1 Å². The standard InChI is InChI=1S/C10H10BrN3S/c1-6-3-7(2)9(8(11)4-6)14-5-12-13-10(14)15/h3-5H,1-2H3,(H,13,15). The van der Waals surface area contributed by atoms with Crippen molar-refractivity contribution >= 4 is 28.1 Å². The van der Waals surface area contributed by atoms with Crippen molar-refractivity contribution in [1.29, 1.82) is 0 Å². The second-order valence-electron chi connectivity index (χ2n) is 3.44. The molecule has 0 aliphatic rings. The average Bonchev–Trinajstić information content (AvgIpc) is 2.50. The summed E-state index contributed by atoms with van der Waals surface area (Å²) in [5.41, 5.74) is 3.43. The summed E-state index contributed by atoms with van der Waals surface area (Å²) in [6, 6.07) is 4.19. The van der Waals surface area contributed by atoms with E-state index in [-0.39, 0.29) is 0 Å². The first kappa shape index (κ1) is 10.6. The lowest BCUT2D eigenvalue weighted by Gasteiger charge is -2.09. The Balaban J connectivity index is 2.74. The van der Waals surface area contributed by atoms with Gasteiger partial charge in [-0.15, -0.1) is 0 Å². The third-order valence-corrected chi connectivity index (χ3v) is 3.08. The van der Waals surface area contributed by atoms with Gasteiger partial charge in [-0.2, -0.15) is 5.10 Å². The zero-order valence-corrected chi connectivity index (χ0v) is 10.8. The summed E-state index contributed by atoms with van der Waals surface area (Å²) in [5.74, 6) is 0. The lowest BCUT2D eigenvalue weighted by atomic mass is 10.1. The molecule has 0 fully saturated rings. The Morgan fingerprint density at radius 1 is 1.40 bits per heavy atom. The Bertz CT molecular complexity index is 533. The summed E-state index contributed by atoms with van der Waals surface area (Å²) in [6.07, 6.45) is 1.69. The lowest BCUT2D eigenvalue weighted by molar-refractivity contribution is 1.01. The molecule has 1 aromatic heterocycles. The van der Waals surface area contributed by atoms with E-state index in [1.54, 1.807) is 6.33 Å². The molecule has 0 unspecified atom stereocenters. The summed E-state index contributed by atoms with van der Waals surface area (Å²) in [4.78, 5) is 0. The van der Waals surface area contributed by atoms with Crippen LogP contribution >= 0.6 is 28.1 Å². The SMILES string of the molecule is Cc1cc(C)c(-n2cn[nH]c2=S)c(Br)c1. The molecular formula is C10H10BrN3S. The second-order valence-corrected chi connectivity index (χ2v) is 4.68. The highest BCUT2D eigenvalue weighted by atomic mass is 79.9. The molecule has 0 saturated heterocycles. The Labute approximate surface area is 101 Å². The van der Waals surface area contributed by atoms with Crippen LogP contribution in [0.2, 0.25) is 0 Å². The number of rotatable bonds is 1. The number of H-pyrrole nitrogens is 1. The predicted molar refractivity (Wildman–Crippen MR) is 65.9 cm³/mol. The normalized spacial score (nSPS) is 10.6. The van der Waals surface area contributed by atoms with Crippen molar-refractivity contribution in [3.63, 3.8) is 0 Å². The maximum absolute atomic E-state index is 5.14. The summed E-state index contributed by atoms with van der Waals surface area (Å²) < 4.78 is 3.48. The maximum Gasteiger partial charge on any atom is 0.199 e. The highest BCUT2D eigenvalue weighted by Gasteiger charge is 2.08. The van der Waals surface area contributed by atoms with Gasteiger partial charge in [-0.1, -0.05) is 6.07 Å². The molecule has 0 radical (unpaired) electrons. The van der Waals surface area contributed by atoms with Crippen LogP contribution in [0.5, 0.6) is 0 Å². The van der Waals surface area contributed by atoms with E-state index >= 15 is 0 Å². The molecule has 0 bridgehead atoms. The molecule has 1 N–H and O–H groups in total. The van der Waals surface area contributed by atoms with Gasteiger partial charge in [0.1, 0.15) is 6.33 Å². The van der Waals surface area contributed by atoms with Crippen LogP contribution in [0, 0.1) is 18.6 Å². The van der Waals surface area contributed by atoms with Gasteiger partial charge in [0.15, 0.2) is 4.77 Å². The van der Waals surface area contributed by atoms with Gasteiger partial charge in [0.2, 0.25) is 0 Å². The maximum atomic E-state index is 5.14. The molecule has 0 atom stereocenters. The smallest absolute Gasteiger partial charge is 0.199 e. The topological polar surface area (TPSA) is 33.6 Å². The number of benzene rings is 1. The number of nitrogens with zero attached hydrogens (tertiary/aromatic N) is 2. The highest BCUT2D eigenvalue weighted by Crippen LogP contribution is 2.26. The monoisotopic (exact) mass is 283 g/mol. The minimum atomic E-state index is 0.600. The van der Waals surface area contributed by atoms with E-state index in [1.807, 2.05) is 4.57 Å². The first-order chi connectivity index (χ1) is 7.09. The van der Waals surface area contributed by atoms with Crippen molar-refractivity contribution in [2.24, 2.45) is 0 Å². The van der Waals surface area contributed by atoms with Crippen molar-refractivity contribution in [2.75, 3.05) is 0 Å². The van der Waals surface area contributed by atoms with E-state index in [9.17, 15) is 0 Å². The predicted octanol–water partition coefficient (Wildman–Crippen LogP) is 3.31. The molecule has 0 amide bonds. The minimum Gasteiger partial charge on any atom is -0.273 e. The molecule has 0 spiro atoms. The Morgan fingerprint density at radius 2 is 2.13 bits per heavy atom. The van der Waals surface area contributed by atoms with Crippen LogP contribution < -0.4 is 0 Å². The first-order valence-corrected chi connectivity index (χ1v) is 5.69. The fourth-order valence-electron chi connectivity index (χ4n) is 1.62. The third-order valence-electron chi connectivity index (χ3n) is 2.19. The van der Waals surface area contributed by atoms with Gasteiger partial charge >= 0.3 is 0 Å². The molecule has 1 aromatic carbocycles. The summed E-state index contributed by atoms with van der Waals surface area (Å²) in [5, 5.41) is 6.66. The molecule has 0 aliphatic heterocycles. The van der Waals surface area contributed by atoms with Crippen molar-refractivity contribution in [3.05, 3.63) is 38.8 Å². The highest BCUT2D eigenvalue weighted by molar-refractivity contribution is 9.10. The molecule has 78 valence electrons. The van der Waals surface area contributed by atoms with Crippen LogP contribution in [0.25, 0.3) is 5.69 Å². The van der Waals surface area contributed by atoms with E-state index in [1.165, 1.54) is 11.1 Å². The van der Waals surface area contributed by atoms with Crippen molar-refractivity contribution in [2.45, 2.75) is 13.8 Å². The van der Waals surface area contributed by atoms with E-state index in [0.717, 1.165) is 10.2 Å². The molecule has 0 saturated carbocycles. The van der Waals surface area contributed by atoms with Crippen molar-refractivity contribution in [1.82, 2.24) is 14.8 Å². The molecule has 0 aliphatic carbocycles. The van der Waals surface area contributed by atoms with Crippen LogP contribution in [0.1, 0.15) is 11.1 Å². The number of halogens is 1. The van der Waals surface area contributed by atoms with Crippen molar-refractivity contribution in [3.8, 4) is 5.69 Å². The quantitative estimate of drug-likeness (QED) is 0.815. The number of hydrogen-bond donors (Lipinski definition) is 1. The van der Waals surface area contributed by atoms with E-state index < -0.39 is 0 Å². The van der Waals surface area contributed by atoms with Gasteiger partial charge in [-0.05, 0) is 59.2 Å². The molecule has 2 aromatic rings. The van der Waals surface area contributed by atoms with Gasteiger partial charge in [0.05, 0.1) is 5.69 Å². The van der Waals surface area contributed by atoms with Crippen LogP contribution in [0.15, 0.2) is 22.9 Å². The summed E-state index contributed by atoms with van der Waals surface area (Å²) in [6.45, 7) is 4.12. The van der Waals surface area contributed by atoms with E-state index in [4.69, 9.17) is 12.2 Å². The average molecular weight is 284 g/mol. The van der Waals surface area contributed by atoms with Gasteiger partial charge in [-0.25, -0.2) is 0 Å². The zero-order chi connectivity index (χ0) is 11.0. The molecule has 5 heteroatoms.